The topological polar surface area (TPSA) is 66.4 Å². The summed E-state index contributed by atoms with van der Waals surface area (Å²) in [5.41, 5.74) is 1.26. The molecule has 0 saturated heterocycles. The van der Waals surface area contributed by atoms with E-state index in [9.17, 15) is 9.59 Å². The third-order valence-corrected chi connectivity index (χ3v) is 4.67. The number of rotatable bonds is 7. The first kappa shape index (κ1) is 16.5. The molecule has 0 radical (unpaired) electrons. The summed E-state index contributed by atoms with van der Waals surface area (Å²) in [5, 5.41) is 15.1. The molecule has 0 aliphatic rings. The van der Waals surface area contributed by atoms with Gasteiger partial charge in [-0.25, -0.2) is 4.79 Å². The molecule has 1 aromatic heterocycles. The summed E-state index contributed by atoms with van der Waals surface area (Å²) in [6.07, 6.45) is 1.90. The van der Waals surface area contributed by atoms with E-state index < -0.39 is 12.0 Å². The fourth-order valence-electron chi connectivity index (χ4n) is 2.42. The Labute approximate surface area is 134 Å². The minimum absolute atomic E-state index is 0.123. The van der Waals surface area contributed by atoms with Crippen LogP contribution in [0.2, 0.25) is 0 Å². The summed E-state index contributed by atoms with van der Waals surface area (Å²) in [4.78, 5) is 23.0. The van der Waals surface area contributed by atoms with Crippen LogP contribution in [-0.4, -0.2) is 23.0 Å². The summed E-state index contributed by atoms with van der Waals surface area (Å²) in [5.74, 6) is -1.30. The summed E-state index contributed by atoms with van der Waals surface area (Å²) >= 11 is 1.71. The van der Waals surface area contributed by atoms with Gasteiger partial charge >= 0.3 is 5.97 Å². The molecule has 2 rings (SSSR count). The van der Waals surface area contributed by atoms with Gasteiger partial charge in [0.2, 0.25) is 5.91 Å². The van der Waals surface area contributed by atoms with Crippen molar-refractivity contribution in [3.8, 4) is 0 Å². The predicted molar refractivity (Wildman–Crippen MR) is 89.2 cm³/mol. The molecule has 4 nitrogen and oxygen atoms in total. The lowest BCUT2D eigenvalue weighted by Gasteiger charge is -2.17. The summed E-state index contributed by atoms with van der Waals surface area (Å²) < 4.78 is 1.26. The molecule has 2 N–H and O–H groups in total. The SMILES string of the molecule is CC(C)[C@@H](NC(=O)CCCc1csc2ccccc12)C(=O)O. The molecule has 118 valence electrons. The molecular weight excluding hydrogens is 298 g/mol. The smallest absolute Gasteiger partial charge is 0.326 e. The lowest BCUT2D eigenvalue weighted by Crippen LogP contribution is -2.44. The molecular formula is C17H21NO3S. The molecule has 0 unspecified atom stereocenters. The van der Waals surface area contributed by atoms with Crippen molar-refractivity contribution in [2.75, 3.05) is 0 Å². The van der Waals surface area contributed by atoms with Crippen LogP contribution in [0.25, 0.3) is 10.1 Å². The zero-order valence-corrected chi connectivity index (χ0v) is 13.7. The van der Waals surface area contributed by atoms with E-state index in [-0.39, 0.29) is 11.8 Å². The average Bonchev–Trinajstić information content (AvgIpc) is 2.88. The van der Waals surface area contributed by atoms with Gasteiger partial charge in [-0.15, -0.1) is 11.3 Å². The van der Waals surface area contributed by atoms with E-state index >= 15 is 0 Å². The Kier molecular flexibility index (Phi) is 5.55. The van der Waals surface area contributed by atoms with Gasteiger partial charge in [-0.1, -0.05) is 32.0 Å². The third kappa shape index (κ3) is 4.07. The first-order valence-corrected chi connectivity index (χ1v) is 8.34. The maximum atomic E-state index is 11.9. The molecule has 1 aromatic carbocycles. The van der Waals surface area contributed by atoms with Crippen LogP contribution in [0.15, 0.2) is 29.6 Å². The van der Waals surface area contributed by atoms with Gasteiger partial charge in [-0.05, 0) is 41.2 Å². The highest BCUT2D eigenvalue weighted by atomic mass is 32.1. The monoisotopic (exact) mass is 319 g/mol. The number of hydrogen-bond acceptors (Lipinski definition) is 3. The van der Waals surface area contributed by atoms with Crippen molar-refractivity contribution in [2.45, 2.75) is 39.2 Å². The van der Waals surface area contributed by atoms with Gasteiger partial charge in [0, 0.05) is 11.1 Å². The highest BCUT2D eigenvalue weighted by molar-refractivity contribution is 7.17. The van der Waals surface area contributed by atoms with E-state index in [1.807, 2.05) is 12.1 Å². The molecule has 0 fully saturated rings. The quantitative estimate of drug-likeness (QED) is 0.821. The number of aryl methyl sites for hydroxylation is 1. The number of nitrogens with one attached hydrogen (secondary N) is 1. The molecule has 22 heavy (non-hydrogen) atoms. The van der Waals surface area contributed by atoms with Gasteiger partial charge in [-0.2, -0.15) is 0 Å². The largest absolute Gasteiger partial charge is 0.480 e. The number of aliphatic carboxylic acids is 1. The third-order valence-electron chi connectivity index (χ3n) is 3.66. The minimum Gasteiger partial charge on any atom is -0.480 e. The first-order valence-electron chi connectivity index (χ1n) is 7.46. The second-order valence-corrected chi connectivity index (χ2v) is 6.65. The van der Waals surface area contributed by atoms with Crippen LogP contribution in [0.3, 0.4) is 0 Å². The fourth-order valence-corrected chi connectivity index (χ4v) is 3.42. The molecule has 0 aliphatic heterocycles. The number of carboxylic acids is 1. The zero-order valence-electron chi connectivity index (χ0n) is 12.8. The molecule has 5 heteroatoms. The zero-order chi connectivity index (χ0) is 16.1. The van der Waals surface area contributed by atoms with E-state index in [1.165, 1.54) is 15.6 Å². The molecule has 0 bridgehead atoms. The Balaban J connectivity index is 1.85. The van der Waals surface area contributed by atoms with Crippen molar-refractivity contribution < 1.29 is 14.7 Å². The van der Waals surface area contributed by atoms with Crippen molar-refractivity contribution in [3.63, 3.8) is 0 Å². The average molecular weight is 319 g/mol. The molecule has 0 saturated carbocycles. The van der Waals surface area contributed by atoms with E-state index in [0.29, 0.717) is 6.42 Å². The number of thiophene rings is 1. The first-order chi connectivity index (χ1) is 10.5. The van der Waals surface area contributed by atoms with Gasteiger partial charge in [0.15, 0.2) is 0 Å². The Morgan fingerprint density at radius 2 is 2.00 bits per heavy atom. The van der Waals surface area contributed by atoms with Gasteiger partial charge in [0.1, 0.15) is 6.04 Å². The summed E-state index contributed by atoms with van der Waals surface area (Å²) in [7, 11) is 0. The molecule has 0 spiro atoms. The van der Waals surface area contributed by atoms with Crippen LogP contribution in [-0.2, 0) is 16.0 Å². The van der Waals surface area contributed by atoms with Crippen LogP contribution in [0.5, 0.6) is 0 Å². The molecule has 2 aromatic rings. The number of carbonyl (C=O) groups is 2. The molecule has 1 heterocycles. The minimum atomic E-state index is -0.979. The maximum absolute atomic E-state index is 11.9. The summed E-state index contributed by atoms with van der Waals surface area (Å²) in [6, 6.07) is 7.42. The fraction of sp³-hybridized carbons (Fsp3) is 0.412. The highest BCUT2D eigenvalue weighted by Gasteiger charge is 2.22. The van der Waals surface area contributed by atoms with Crippen LogP contribution in [0.4, 0.5) is 0 Å². The lowest BCUT2D eigenvalue weighted by atomic mass is 10.0. The number of amides is 1. The van der Waals surface area contributed by atoms with E-state index in [4.69, 9.17) is 5.11 Å². The highest BCUT2D eigenvalue weighted by Crippen LogP contribution is 2.26. The van der Waals surface area contributed by atoms with Crippen LogP contribution in [0, 0.1) is 5.92 Å². The summed E-state index contributed by atoms with van der Waals surface area (Å²) in [6.45, 7) is 3.58. The maximum Gasteiger partial charge on any atom is 0.326 e. The van der Waals surface area contributed by atoms with Gasteiger partial charge in [0.25, 0.3) is 0 Å². The second-order valence-electron chi connectivity index (χ2n) is 5.74. The Morgan fingerprint density at radius 3 is 2.68 bits per heavy atom. The Hall–Kier alpha value is -1.88. The van der Waals surface area contributed by atoms with E-state index in [1.54, 1.807) is 25.2 Å². The van der Waals surface area contributed by atoms with Gasteiger partial charge < -0.3 is 10.4 Å². The number of benzene rings is 1. The van der Waals surface area contributed by atoms with Crippen molar-refractivity contribution in [3.05, 3.63) is 35.2 Å². The van der Waals surface area contributed by atoms with Gasteiger partial charge in [0.05, 0.1) is 0 Å². The Morgan fingerprint density at radius 1 is 1.27 bits per heavy atom. The second kappa shape index (κ2) is 7.40. The van der Waals surface area contributed by atoms with Crippen molar-refractivity contribution in [1.82, 2.24) is 5.32 Å². The predicted octanol–water partition coefficient (Wildman–Crippen LogP) is 3.45. The van der Waals surface area contributed by atoms with Crippen LogP contribution < -0.4 is 5.32 Å². The van der Waals surface area contributed by atoms with E-state index in [0.717, 1.165) is 12.8 Å². The number of carbonyl (C=O) groups excluding carboxylic acids is 1. The van der Waals surface area contributed by atoms with Crippen LogP contribution >= 0.6 is 11.3 Å². The standard InChI is InChI=1S/C17H21NO3S/c1-11(2)16(17(20)21)18-15(19)9-5-6-12-10-22-14-8-4-3-7-13(12)14/h3-4,7-8,10-11,16H,5-6,9H2,1-2H3,(H,18,19)(H,20,21)/t16-/m1/s1. The van der Waals surface area contributed by atoms with E-state index in [2.05, 4.69) is 22.8 Å². The normalized spacial score (nSPS) is 12.5. The number of carboxylic acid groups (broad SMARTS) is 1. The van der Waals surface area contributed by atoms with Crippen LogP contribution in [0.1, 0.15) is 32.3 Å². The van der Waals surface area contributed by atoms with Crippen molar-refractivity contribution >= 4 is 33.3 Å². The Bertz CT molecular complexity index is 663. The van der Waals surface area contributed by atoms with Crippen molar-refractivity contribution in [1.29, 1.82) is 0 Å². The van der Waals surface area contributed by atoms with Crippen molar-refractivity contribution in [2.24, 2.45) is 5.92 Å². The number of fused-ring (bicyclic) bond motifs is 1. The van der Waals surface area contributed by atoms with Gasteiger partial charge in [-0.3, -0.25) is 4.79 Å². The molecule has 1 atom stereocenters. The molecule has 0 aliphatic carbocycles. The number of hydrogen-bond donors (Lipinski definition) is 2. The molecule has 1 amide bonds. The lowest BCUT2D eigenvalue weighted by molar-refractivity contribution is -0.143.